The number of aryl methyl sites for hydroxylation is 1. The van der Waals surface area contributed by atoms with Gasteiger partial charge in [0.05, 0.1) is 6.61 Å². The van der Waals surface area contributed by atoms with Crippen LogP contribution in [0.4, 0.5) is 10.1 Å². The van der Waals surface area contributed by atoms with Crippen LogP contribution in [0.5, 0.6) is 0 Å². The van der Waals surface area contributed by atoms with Gasteiger partial charge >= 0.3 is 0 Å². The monoisotopic (exact) mass is 238 g/mol. The Morgan fingerprint density at radius 2 is 2.35 bits per heavy atom. The van der Waals surface area contributed by atoms with Gasteiger partial charge in [0.2, 0.25) is 5.91 Å². The minimum absolute atomic E-state index is 0.202. The average molecular weight is 238 g/mol. The standard InChI is InChI=1S/C12H15FN2O2/c1-8-2-3-9(6-10(8)13)15-11(16)12(14)4-5-17-7-12/h2-3,6H,4-5,7,14H2,1H3,(H,15,16). The van der Waals surface area contributed by atoms with Gasteiger partial charge in [-0.1, -0.05) is 6.07 Å². The van der Waals surface area contributed by atoms with Crippen molar-refractivity contribution < 1.29 is 13.9 Å². The number of carbonyl (C=O) groups excluding carboxylic acids is 1. The molecule has 0 aliphatic carbocycles. The van der Waals surface area contributed by atoms with Gasteiger partial charge < -0.3 is 15.8 Å². The molecule has 2 rings (SSSR count). The third kappa shape index (κ3) is 2.45. The number of hydrogen-bond donors (Lipinski definition) is 2. The van der Waals surface area contributed by atoms with E-state index in [0.717, 1.165) is 0 Å². The van der Waals surface area contributed by atoms with Crippen molar-refractivity contribution in [2.24, 2.45) is 5.73 Å². The molecule has 3 N–H and O–H groups in total. The molecular formula is C12H15FN2O2. The van der Waals surface area contributed by atoms with Crippen molar-refractivity contribution in [3.63, 3.8) is 0 Å². The van der Waals surface area contributed by atoms with Crippen LogP contribution in [-0.4, -0.2) is 24.7 Å². The molecule has 1 aromatic rings. The molecule has 1 atom stereocenters. The molecular weight excluding hydrogens is 223 g/mol. The van der Waals surface area contributed by atoms with Crippen molar-refractivity contribution in [1.82, 2.24) is 0 Å². The number of halogens is 1. The summed E-state index contributed by atoms with van der Waals surface area (Å²) < 4.78 is 18.4. The topological polar surface area (TPSA) is 64.4 Å². The van der Waals surface area contributed by atoms with Crippen LogP contribution in [0, 0.1) is 12.7 Å². The van der Waals surface area contributed by atoms with E-state index >= 15 is 0 Å². The molecule has 0 spiro atoms. The van der Waals surface area contributed by atoms with Crippen molar-refractivity contribution in [3.8, 4) is 0 Å². The number of rotatable bonds is 2. The summed E-state index contributed by atoms with van der Waals surface area (Å²) in [5, 5.41) is 2.61. The molecule has 1 fully saturated rings. The fraction of sp³-hybridized carbons (Fsp3) is 0.417. The number of nitrogens with two attached hydrogens (primary N) is 1. The van der Waals surface area contributed by atoms with Gasteiger partial charge in [-0.2, -0.15) is 0 Å². The minimum atomic E-state index is -0.999. The molecule has 1 aromatic carbocycles. The largest absolute Gasteiger partial charge is 0.379 e. The first kappa shape index (κ1) is 12.0. The molecule has 1 heterocycles. The molecule has 0 aromatic heterocycles. The zero-order valence-corrected chi connectivity index (χ0v) is 9.63. The molecule has 1 aliphatic rings. The van der Waals surface area contributed by atoms with Crippen LogP contribution in [0.15, 0.2) is 18.2 Å². The zero-order chi connectivity index (χ0) is 12.5. The number of carbonyl (C=O) groups is 1. The van der Waals surface area contributed by atoms with Gasteiger partial charge in [-0.05, 0) is 31.0 Å². The van der Waals surface area contributed by atoms with Gasteiger partial charge in [0, 0.05) is 12.3 Å². The SMILES string of the molecule is Cc1ccc(NC(=O)C2(N)CCOC2)cc1F. The Morgan fingerprint density at radius 3 is 2.94 bits per heavy atom. The van der Waals surface area contributed by atoms with E-state index in [1.165, 1.54) is 6.07 Å². The quantitative estimate of drug-likeness (QED) is 0.813. The van der Waals surface area contributed by atoms with E-state index in [-0.39, 0.29) is 18.3 Å². The summed E-state index contributed by atoms with van der Waals surface area (Å²) in [6.45, 7) is 2.34. The smallest absolute Gasteiger partial charge is 0.246 e. The van der Waals surface area contributed by atoms with E-state index in [9.17, 15) is 9.18 Å². The van der Waals surface area contributed by atoms with E-state index in [2.05, 4.69) is 5.32 Å². The lowest BCUT2D eigenvalue weighted by atomic mass is 9.99. The summed E-state index contributed by atoms with van der Waals surface area (Å²) in [6.07, 6.45) is 0.479. The van der Waals surface area contributed by atoms with Gasteiger partial charge in [0.15, 0.2) is 0 Å². The first-order valence-corrected chi connectivity index (χ1v) is 5.45. The highest BCUT2D eigenvalue weighted by molar-refractivity contribution is 5.98. The van der Waals surface area contributed by atoms with Crippen LogP contribution in [0.25, 0.3) is 0 Å². The number of hydrogen-bond acceptors (Lipinski definition) is 3. The van der Waals surface area contributed by atoms with Gasteiger partial charge in [-0.25, -0.2) is 4.39 Å². The van der Waals surface area contributed by atoms with Crippen LogP contribution >= 0.6 is 0 Å². The first-order valence-electron chi connectivity index (χ1n) is 5.45. The van der Waals surface area contributed by atoms with E-state index in [1.54, 1.807) is 19.1 Å². The second-order valence-electron chi connectivity index (χ2n) is 4.38. The lowest BCUT2D eigenvalue weighted by Gasteiger charge is -2.20. The van der Waals surface area contributed by atoms with E-state index in [1.807, 2.05) is 0 Å². The Kier molecular flexibility index (Phi) is 3.13. The van der Waals surface area contributed by atoms with Gasteiger partial charge in [0.25, 0.3) is 0 Å². The van der Waals surface area contributed by atoms with Crippen molar-refractivity contribution in [3.05, 3.63) is 29.6 Å². The summed E-state index contributed by atoms with van der Waals surface area (Å²) >= 11 is 0. The van der Waals surface area contributed by atoms with Crippen molar-refractivity contribution in [2.45, 2.75) is 18.9 Å². The Bertz CT molecular complexity index is 442. The molecule has 92 valence electrons. The predicted octanol–water partition coefficient (Wildman–Crippen LogP) is 1.19. The lowest BCUT2D eigenvalue weighted by Crippen LogP contribution is -2.51. The molecule has 0 saturated carbocycles. The third-order valence-electron chi connectivity index (χ3n) is 2.93. The first-order chi connectivity index (χ1) is 8.01. The third-order valence-corrected chi connectivity index (χ3v) is 2.93. The van der Waals surface area contributed by atoms with Crippen LogP contribution < -0.4 is 11.1 Å². The molecule has 1 amide bonds. The number of benzene rings is 1. The van der Waals surface area contributed by atoms with Crippen LogP contribution in [0.1, 0.15) is 12.0 Å². The number of nitrogens with one attached hydrogen (secondary N) is 1. The minimum Gasteiger partial charge on any atom is -0.379 e. The Hall–Kier alpha value is -1.46. The number of anilines is 1. The summed E-state index contributed by atoms with van der Waals surface area (Å²) in [5.74, 6) is -0.685. The molecule has 1 unspecified atom stereocenters. The Balaban J connectivity index is 2.10. The summed E-state index contributed by atoms with van der Waals surface area (Å²) in [5.41, 5.74) is 5.84. The highest BCUT2D eigenvalue weighted by Gasteiger charge is 2.38. The normalized spacial score (nSPS) is 23.7. The second kappa shape index (κ2) is 4.43. The Labute approximate surface area is 98.9 Å². The fourth-order valence-electron chi connectivity index (χ4n) is 1.69. The second-order valence-corrected chi connectivity index (χ2v) is 4.38. The van der Waals surface area contributed by atoms with Gasteiger partial charge in [-0.15, -0.1) is 0 Å². The maximum Gasteiger partial charge on any atom is 0.246 e. The molecule has 1 saturated heterocycles. The maximum atomic E-state index is 13.3. The van der Waals surface area contributed by atoms with E-state index < -0.39 is 5.54 Å². The number of amides is 1. The zero-order valence-electron chi connectivity index (χ0n) is 9.63. The summed E-state index contributed by atoms with van der Waals surface area (Å²) in [7, 11) is 0. The van der Waals surface area contributed by atoms with Crippen LogP contribution in [-0.2, 0) is 9.53 Å². The molecule has 5 heteroatoms. The molecule has 4 nitrogen and oxygen atoms in total. The van der Waals surface area contributed by atoms with Crippen molar-refractivity contribution in [2.75, 3.05) is 18.5 Å². The number of ether oxygens (including phenoxy) is 1. The average Bonchev–Trinajstić information content (AvgIpc) is 2.72. The fourth-order valence-corrected chi connectivity index (χ4v) is 1.69. The Morgan fingerprint density at radius 1 is 1.59 bits per heavy atom. The maximum absolute atomic E-state index is 13.3. The van der Waals surface area contributed by atoms with Gasteiger partial charge in [-0.3, -0.25) is 4.79 Å². The lowest BCUT2D eigenvalue weighted by molar-refractivity contribution is -0.121. The summed E-state index contributed by atoms with van der Waals surface area (Å²) in [6, 6.07) is 4.54. The van der Waals surface area contributed by atoms with Crippen LogP contribution in [0.3, 0.4) is 0 Å². The van der Waals surface area contributed by atoms with Crippen molar-refractivity contribution >= 4 is 11.6 Å². The van der Waals surface area contributed by atoms with Crippen molar-refractivity contribution in [1.29, 1.82) is 0 Å². The highest BCUT2D eigenvalue weighted by atomic mass is 19.1. The van der Waals surface area contributed by atoms with E-state index in [4.69, 9.17) is 10.5 Å². The van der Waals surface area contributed by atoms with Gasteiger partial charge in [0.1, 0.15) is 11.4 Å². The molecule has 17 heavy (non-hydrogen) atoms. The molecule has 0 bridgehead atoms. The molecule has 0 radical (unpaired) electrons. The predicted molar refractivity (Wildman–Crippen MR) is 62.1 cm³/mol. The molecule has 1 aliphatic heterocycles. The van der Waals surface area contributed by atoms with Crippen LogP contribution in [0.2, 0.25) is 0 Å². The summed E-state index contributed by atoms with van der Waals surface area (Å²) in [4.78, 5) is 11.9. The highest BCUT2D eigenvalue weighted by Crippen LogP contribution is 2.19. The van der Waals surface area contributed by atoms with E-state index in [0.29, 0.717) is 24.3 Å².